The predicted octanol–water partition coefficient (Wildman–Crippen LogP) is 2.48. The third-order valence-electron chi connectivity index (χ3n) is 6.73. The largest absolute Gasteiger partial charge is 0.384 e. The van der Waals surface area contributed by atoms with Crippen LogP contribution in [0.25, 0.3) is 5.57 Å². The number of hydroxylamine groups is 2. The lowest BCUT2D eigenvalue weighted by atomic mass is 9.74. The first-order valence-corrected chi connectivity index (χ1v) is 10.4. The minimum absolute atomic E-state index is 0.0390. The number of likely N-dealkylation sites (N-methyl/N-ethyl adjacent to an activating group) is 1. The van der Waals surface area contributed by atoms with Crippen LogP contribution in [0.5, 0.6) is 0 Å². The Morgan fingerprint density at radius 3 is 2.96 bits per heavy atom. The Balaban J connectivity index is 1.40. The van der Waals surface area contributed by atoms with Crippen LogP contribution in [0.1, 0.15) is 36.3 Å². The summed E-state index contributed by atoms with van der Waals surface area (Å²) in [6, 6.07) is 6.90. The van der Waals surface area contributed by atoms with Crippen molar-refractivity contribution in [3.05, 3.63) is 35.4 Å². The summed E-state index contributed by atoms with van der Waals surface area (Å²) >= 11 is 0. The molecule has 1 amide bonds. The standard InChI is InChI=1S/C22H29N3O3/c1-24-13-15(22(26)25(2)28-16-6-8-27-9-7-16)10-18-17-4-3-5-19-21(17)14(12-23-19)11-20(18)24/h3-5,10,14-16,20,23H,6-9,11-13H2,1-2H3/t14?,15-,20-/m1/s1. The molecule has 3 heterocycles. The molecule has 0 saturated carbocycles. The number of ether oxygens (including phenoxy) is 1. The first-order valence-electron chi connectivity index (χ1n) is 10.4. The summed E-state index contributed by atoms with van der Waals surface area (Å²) in [5, 5.41) is 5.02. The van der Waals surface area contributed by atoms with Crippen molar-refractivity contribution in [1.82, 2.24) is 9.96 Å². The predicted molar refractivity (Wildman–Crippen MR) is 108 cm³/mol. The molecular formula is C22H29N3O3. The summed E-state index contributed by atoms with van der Waals surface area (Å²) in [4.78, 5) is 21.4. The first kappa shape index (κ1) is 18.2. The van der Waals surface area contributed by atoms with Crippen LogP contribution >= 0.6 is 0 Å². The molecule has 1 aromatic carbocycles. The van der Waals surface area contributed by atoms with Crippen molar-refractivity contribution in [3.63, 3.8) is 0 Å². The zero-order valence-electron chi connectivity index (χ0n) is 16.7. The maximum Gasteiger partial charge on any atom is 0.254 e. The number of anilines is 1. The minimum atomic E-state index is -0.178. The average molecular weight is 383 g/mol. The van der Waals surface area contributed by atoms with E-state index in [1.165, 1.54) is 27.5 Å². The smallest absolute Gasteiger partial charge is 0.254 e. The molecule has 28 heavy (non-hydrogen) atoms. The van der Waals surface area contributed by atoms with E-state index in [-0.39, 0.29) is 17.9 Å². The van der Waals surface area contributed by atoms with Gasteiger partial charge in [0.05, 0.1) is 12.0 Å². The van der Waals surface area contributed by atoms with Crippen LogP contribution in [0.2, 0.25) is 0 Å². The molecule has 1 aromatic rings. The third kappa shape index (κ3) is 3.04. The minimum Gasteiger partial charge on any atom is -0.384 e. The van der Waals surface area contributed by atoms with Gasteiger partial charge < -0.3 is 10.1 Å². The number of hydrogen-bond donors (Lipinski definition) is 1. The van der Waals surface area contributed by atoms with Crippen molar-refractivity contribution in [3.8, 4) is 0 Å². The summed E-state index contributed by atoms with van der Waals surface area (Å²) in [5.74, 6) is 0.433. The van der Waals surface area contributed by atoms with Gasteiger partial charge in [-0.2, -0.15) is 0 Å². The van der Waals surface area contributed by atoms with Crippen molar-refractivity contribution in [1.29, 1.82) is 0 Å². The fourth-order valence-corrected chi connectivity index (χ4v) is 5.29. The highest BCUT2D eigenvalue weighted by atomic mass is 16.7. The molecule has 0 bridgehead atoms. The monoisotopic (exact) mass is 383 g/mol. The van der Waals surface area contributed by atoms with E-state index in [1.54, 1.807) is 7.05 Å². The fraction of sp³-hybridized carbons (Fsp3) is 0.591. The molecule has 1 fully saturated rings. The zero-order valence-corrected chi connectivity index (χ0v) is 16.7. The highest BCUT2D eigenvalue weighted by Crippen LogP contribution is 2.48. The van der Waals surface area contributed by atoms with E-state index < -0.39 is 0 Å². The highest BCUT2D eigenvalue weighted by molar-refractivity contribution is 5.87. The van der Waals surface area contributed by atoms with E-state index in [9.17, 15) is 4.79 Å². The van der Waals surface area contributed by atoms with Crippen LogP contribution in [-0.4, -0.2) is 68.4 Å². The molecule has 0 aromatic heterocycles. The van der Waals surface area contributed by atoms with Crippen molar-refractivity contribution in [2.24, 2.45) is 5.92 Å². The number of rotatable bonds is 3. The van der Waals surface area contributed by atoms with E-state index in [0.29, 0.717) is 25.2 Å². The molecule has 6 heteroatoms. The summed E-state index contributed by atoms with van der Waals surface area (Å²) < 4.78 is 5.38. The van der Waals surface area contributed by atoms with Gasteiger partial charge in [-0.05, 0) is 49.1 Å². The fourth-order valence-electron chi connectivity index (χ4n) is 5.29. The van der Waals surface area contributed by atoms with Crippen LogP contribution in [0.3, 0.4) is 0 Å². The van der Waals surface area contributed by atoms with Crippen molar-refractivity contribution < 1.29 is 14.4 Å². The third-order valence-corrected chi connectivity index (χ3v) is 6.73. The van der Waals surface area contributed by atoms with E-state index in [1.807, 2.05) is 0 Å². The van der Waals surface area contributed by atoms with Crippen LogP contribution in [-0.2, 0) is 14.4 Å². The molecule has 1 aliphatic carbocycles. The number of hydrogen-bond acceptors (Lipinski definition) is 5. The van der Waals surface area contributed by atoms with Crippen molar-refractivity contribution in [2.45, 2.75) is 37.3 Å². The van der Waals surface area contributed by atoms with Crippen LogP contribution < -0.4 is 5.32 Å². The molecule has 150 valence electrons. The van der Waals surface area contributed by atoms with Gasteiger partial charge in [-0.15, -0.1) is 0 Å². The molecule has 1 saturated heterocycles. The Kier molecular flexibility index (Phi) is 4.65. The Hall–Kier alpha value is -1.89. The number of nitrogens with zero attached hydrogens (tertiary/aromatic N) is 2. The maximum atomic E-state index is 13.1. The Morgan fingerprint density at radius 2 is 2.14 bits per heavy atom. The van der Waals surface area contributed by atoms with Gasteiger partial charge in [0.2, 0.25) is 0 Å². The van der Waals surface area contributed by atoms with Crippen molar-refractivity contribution >= 4 is 17.2 Å². The molecular weight excluding hydrogens is 354 g/mol. The van der Waals surface area contributed by atoms with Gasteiger partial charge in [-0.25, -0.2) is 5.06 Å². The van der Waals surface area contributed by atoms with Crippen molar-refractivity contribution in [2.75, 3.05) is 45.7 Å². The maximum absolute atomic E-state index is 13.1. The lowest BCUT2D eigenvalue weighted by Crippen LogP contribution is -2.47. The summed E-state index contributed by atoms with van der Waals surface area (Å²) in [7, 11) is 3.90. The summed E-state index contributed by atoms with van der Waals surface area (Å²) in [6.07, 6.45) is 5.09. The van der Waals surface area contributed by atoms with Gasteiger partial charge in [-0.1, -0.05) is 18.2 Å². The Morgan fingerprint density at radius 1 is 1.32 bits per heavy atom. The van der Waals surface area contributed by atoms with Gasteiger partial charge in [0.25, 0.3) is 5.91 Å². The van der Waals surface area contributed by atoms with Crippen LogP contribution in [0.4, 0.5) is 5.69 Å². The molecule has 0 radical (unpaired) electrons. The molecule has 6 nitrogen and oxygen atoms in total. The molecule has 3 atom stereocenters. The molecule has 1 unspecified atom stereocenters. The van der Waals surface area contributed by atoms with Gasteiger partial charge in [0, 0.05) is 51.0 Å². The molecule has 3 aliphatic heterocycles. The summed E-state index contributed by atoms with van der Waals surface area (Å²) in [6.45, 7) is 3.18. The van der Waals surface area contributed by atoms with Gasteiger partial charge in [-0.3, -0.25) is 14.5 Å². The number of carbonyl (C=O) groups is 1. The topological polar surface area (TPSA) is 54.0 Å². The van der Waals surface area contributed by atoms with E-state index in [4.69, 9.17) is 9.57 Å². The van der Waals surface area contributed by atoms with Crippen LogP contribution in [0, 0.1) is 5.92 Å². The number of benzene rings is 1. The van der Waals surface area contributed by atoms with Crippen LogP contribution in [0.15, 0.2) is 24.3 Å². The lowest BCUT2D eigenvalue weighted by Gasteiger charge is -2.42. The van der Waals surface area contributed by atoms with Gasteiger partial charge in [0.15, 0.2) is 0 Å². The molecule has 1 N–H and O–H groups in total. The second-order valence-electron chi connectivity index (χ2n) is 8.52. The highest BCUT2D eigenvalue weighted by Gasteiger charge is 2.41. The second kappa shape index (κ2) is 7.17. The van der Waals surface area contributed by atoms with E-state index >= 15 is 0 Å². The summed E-state index contributed by atoms with van der Waals surface area (Å²) in [5.41, 5.74) is 5.33. The van der Waals surface area contributed by atoms with E-state index in [0.717, 1.165) is 32.4 Å². The molecule has 5 rings (SSSR count). The quantitative estimate of drug-likeness (QED) is 0.813. The Bertz CT molecular complexity index is 802. The number of nitrogens with one attached hydrogen (secondary N) is 1. The van der Waals surface area contributed by atoms with Gasteiger partial charge in [0.1, 0.15) is 0 Å². The molecule has 4 aliphatic rings. The number of amides is 1. The second-order valence-corrected chi connectivity index (χ2v) is 8.52. The van der Waals surface area contributed by atoms with E-state index in [2.05, 4.69) is 41.5 Å². The lowest BCUT2D eigenvalue weighted by molar-refractivity contribution is -0.210. The normalized spacial score (nSPS) is 29.5. The number of fused-ring (bicyclic) bond motifs is 2. The number of carbonyl (C=O) groups excluding carboxylic acids is 1. The first-order chi connectivity index (χ1) is 13.6. The average Bonchev–Trinajstić information content (AvgIpc) is 3.13. The zero-order chi connectivity index (χ0) is 19.3. The SMILES string of the molecule is CN(OC1CCOCC1)C(=O)[C@@H]1C=C2c3cccc4c3C(CN4)C[C@H]2N(C)C1. The Labute approximate surface area is 166 Å². The molecule has 0 spiro atoms. The van der Waals surface area contributed by atoms with Gasteiger partial charge >= 0.3 is 0 Å².